The van der Waals surface area contributed by atoms with Crippen molar-refractivity contribution in [1.29, 1.82) is 0 Å². The first kappa shape index (κ1) is 13.0. The molecule has 3 rings (SSSR count). The molecule has 0 radical (unpaired) electrons. The Hall–Kier alpha value is -1.02. The molecule has 0 aromatic heterocycles. The van der Waals surface area contributed by atoms with Crippen LogP contribution in [0.2, 0.25) is 0 Å². The molecule has 104 valence electrons. The van der Waals surface area contributed by atoms with E-state index >= 15 is 0 Å². The number of benzene rings is 1. The van der Waals surface area contributed by atoms with Crippen molar-refractivity contribution < 1.29 is 4.74 Å². The van der Waals surface area contributed by atoms with Crippen LogP contribution >= 0.6 is 0 Å². The van der Waals surface area contributed by atoms with Crippen LogP contribution in [0.3, 0.4) is 0 Å². The fourth-order valence-corrected chi connectivity index (χ4v) is 4.22. The molecule has 2 nitrogen and oxygen atoms in total. The number of hydrogen-bond donors (Lipinski definition) is 1. The smallest absolute Gasteiger partial charge is 0.121 e. The zero-order valence-electron chi connectivity index (χ0n) is 12.3. The minimum Gasteiger partial charge on any atom is -0.496 e. The topological polar surface area (TPSA) is 21.3 Å². The van der Waals surface area contributed by atoms with Gasteiger partial charge in [-0.25, -0.2) is 0 Å². The quantitative estimate of drug-likeness (QED) is 0.890. The lowest BCUT2D eigenvalue weighted by molar-refractivity contribution is 0.410. The molecule has 1 aromatic carbocycles. The molecule has 2 heteroatoms. The summed E-state index contributed by atoms with van der Waals surface area (Å²) in [6.07, 6.45) is 5.77. The summed E-state index contributed by atoms with van der Waals surface area (Å²) in [4.78, 5) is 0. The van der Waals surface area contributed by atoms with Crippen LogP contribution in [-0.4, -0.2) is 14.2 Å². The van der Waals surface area contributed by atoms with Crippen molar-refractivity contribution in [1.82, 2.24) is 5.32 Å². The van der Waals surface area contributed by atoms with Gasteiger partial charge in [-0.05, 0) is 61.8 Å². The van der Waals surface area contributed by atoms with E-state index in [1.165, 1.54) is 36.8 Å². The monoisotopic (exact) mass is 259 g/mol. The lowest BCUT2D eigenvalue weighted by atomic mass is 9.98. The summed E-state index contributed by atoms with van der Waals surface area (Å²) < 4.78 is 5.36. The maximum Gasteiger partial charge on any atom is 0.121 e. The summed E-state index contributed by atoms with van der Waals surface area (Å²) in [7, 11) is 3.85. The molecule has 1 aromatic rings. The van der Waals surface area contributed by atoms with E-state index in [0.29, 0.717) is 6.04 Å². The summed E-state index contributed by atoms with van der Waals surface area (Å²) in [5, 5.41) is 3.56. The second kappa shape index (κ2) is 5.16. The van der Waals surface area contributed by atoms with Gasteiger partial charge in [-0.3, -0.25) is 0 Å². The maximum atomic E-state index is 5.36. The SMILES string of the molecule is CNC(c1ccc(OC)c(C)c1)C1C2CCCCC21. The second-order valence-electron chi connectivity index (χ2n) is 6.18. The molecule has 0 spiro atoms. The van der Waals surface area contributed by atoms with Crippen LogP contribution in [0.15, 0.2) is 18.2 Å². The van der Waals surface area contributed by atoms with Gasteiger partial charge in [-0.15, -0.1) is 0 Å². The average Bonchev–Trinajstić information content (AvgIpc) is 3.15. The molecule has 3 unspecified atom stereocenters. The third kappa shape index (κ3) is 2.27. The lowest BCUT2D eigenvalue weighted by Crippen LogP contribution is -2.20. The highest BCUT2D eigenvalue weighted by molar-refractivity contribution is 5.38. The molecule has 0 bridgehead atoms. The van der Waals surface area contributed by atoms with Gasteiger partial charge in [-0.1, -0.05) is 25.0 Å². The Labute approximate surface area is 116 Å². The molecule has 2 fully saturated rings. The van der Waals surface area contributed by atoms with Gasteiger partial charge in [0.25, 0.3) is 0 Å². The summed E-state index contributed by atoms with van der Waals surface area (Å²) in [5.74, 6) is 3.81. The van der Waals surface area contributed by atoms with Crippen molar-refractivity contribution >= 4 is 0 Å². The molecule has 3 atom stereocenters. The number of methoxy groups -OCH3 is 1. The molecule has 2 saturated carbocycles. The van der Waals surface area contributed by atoms with Crippen molar-refractivity contribution in [3.63, 3.8) is 0 Å². The van der Waals surface area contributed by atoms with Crippen LogP contribution in [0.4, 0.5) is 0 Å². The second-order valence-corrected chi connectivity index (χ2v) is 6.18. The van der Waals surface area contributed by atoms with Crippen LogP contribution in [-0.2, 0) is 0 Å². The van der Waals surface area contributed by atoms with Gasteiger partial charge in [0.2, 0.25) is 0 Å². The van der Waals surface area contributed by atoms with E-state index in [1.54, 1.807) is 7.11 Å². The molecule has 0 heterocycles. The number of fused-ring (bicyclic) bond motifs is 1. The Bertz CT molecular complexity index is 445. The van der Waals surface area contributed by atoms with Gasteiger partial charge in [-0.2, -0.15) is 0 Å². The van der Waals surface area contributed by atoms with Gasteiger partial charge >= 0.3 is 0 Å². The fourth-order valence-electron chi connectivity index (χ4n) is 4.22. The zero-order chi connectivity index (χ0) is 13.4. The predicted molar refractivity (Wildman–Crippen MR) is 78.5 cm³/mol. The standard InChI is InChI=1S/C17H25NO/c1-11-10-12(8-9-15(11)19-3)17(18-2)16-13-6-4-5-7-14(13)16/h8-10,13-14,16-18H,4-7H2,1-3H3. The first-order valence-corrected chi connectivity index (χ1v) is 7.58. The van der Waals surface area contributed by atoms with Crippen molar-refractivity contribution in [2.75, 3.05) is 14.2 Å². The van der Waals surface area contributed by atoms with Crippen LogP contribution < -0.4 is 10.1 Å². The number of ether oxygens (including phenoxy) is 1. The van der Waals surface area contributed by atoms with Crippen LogP contribution in [0.1, 0.15) is 42.9 Å². The molecule has 19 heavy (non-hydrogen) atoms. The van der Waals surface area contributed by atoms with Gasteiger partial charge in [0, 0.05) is 6.04 Å². The molecular formula is C17H25NO. The molecule has 0 aliphatic heterocycles. The van der Waals surface area contributed by atoms with Gasteiger partial charge < -0.3 is 10.1 Å². The van der Waals surface area contributed by atoms with E-state index in [1.807, 2.05) is 0 Å². The molecule has 2 aliphatic rings. The van der Waals surface area contributed by atoms with Gasteiger partial charge in [0.1, 0.15) is 5.75 Å². The Morgan fingerprint density at radius 1 is 1.21 bits per heavy atom. The van der Waals surface area contributed by atoms with Gasteiger partial charge in [0.15, 0.2) is 0 Å². The molecule has 0 amide bonds. The first-order chi connectivity index (χ1) is 9.26. The van der Waals surface area contributed by atoms with E-state index in [-0.39, 0.29) is 0 Å². The van der Waals surface area contributed by atoms with Crippen molar-refractivity contribution in [2.24, 2.45) is 17.8 Å². The third-order valence-electron chi connectivity index (χ3n) is 5.20. The molecular weight excluding hydrogens is 234 g/mol. The number of rotatable bonds is 4. The maximum absolute atomic E-state index is 5.36. The minimum atomic E-state index is 0.526. The van der Waals surface area contributed by atoms with Crippen molar-refractivity contribution in [3.05, 3.63) is 29.3 Å². The predicted octanol–water partition coefficient (Wildman–Crippen LogP) is 3.70. The van der Waals surface area contributed by atoms with Crippen molar-refractivity contribution in [2.45, 2.75) is 38.6 Å². The average molecular weight is 259 g/mol. The highest BCUT2D eigenvalue weighted by Gasteiger charge is 2.53. The Kier molecular flexibility index (Phi) is 3.53. The van der Waals surface area contributed by atoms with Crippen LogP contribution in [0, 0.1) is 24.7 Å². The number of aryl methyl sites for hydroxylation is 1. The van der Waals surface area contributed by atoms with E-state index < -0.39 is 0 Å². The zero-order valence-corrected chi connectivity index (χ0v) is 12.3. The highest BCUT2D eigenvalue weighted by Crippen LogP contribution is 2.60. The molecule has 1 N–H and O–H groups in total. The first-order valence-electron chi connectivity index (χ1n) is 7.58. The normalized spacial score (nSPS) is 30.6. The van der Waals surface area contributed by atoms with Gasteiger partial charge in [0.05, 0.1) is 7.11 Å². The van der Waals surface area contributed by atoms with E-state index in [2.05, 4.69) is 37.5 Å². The van der Waals surface area contributed by atoms with E-state index in [4.69, 9.17) is 4.74 Å². The van der Waals surface area contributed by atoms with Crippen molar-refractivity contribution in [3.8, 4) is 5.75 Å². The van der Waals surface area contributed by atoms with Crippen LogP contribution in [0.25, 0.3) is 0 Å². The van der Waals surface area contributed by atoms with Crippen LogP contribution in [0.5, 0.6) is 5.75 Å². The number of nitrogens with one attached hydrogen (secondary N) is 1. The Morgan fingerprint density at radius 2 is 1.89 bits per heavy atom. The lowest BCUT2D eigenvalue weighted by Gasteiger charge is -2.18. The molecule has 0 saturated heterocycles. The summed E-state index contributed by atoms with van der Waals surface area (Å²) in [5.41, 5.74) is 2.67. The molecule has 2 aliphatic carbocycles. The number of hydrogen-bond acceptors (Lipinski definition) is 2. The van der Waals surface area contributed by atoms with E-state index in [0.717, 1.165) is 23.5 Å². The largest absolute Gasteiger partial charge is 0.496 e. The minimum absolute atomic E-state index is 0.526. The van der Waals surface area contributed by atoms with E-state index in [9.17, 15) is 0 Å². The summed E-state index contributed by atoms with van der Waals surface area (Å²) in [6, 6.07) is 7.17. The summed E-state index contributed by atoms with van der Waals surface area (Å²) >= 11 is 0. The summed E-state index contributed by atoms with van der Waals surface area (Å²) in [6.45, 7) is 2.13. The highest BCUT2D eigenvalue weighted by atomic mass is 16.5. The fraction of sp³-hybridized carbons (Fsp3) is 0.647. The third-order valence-corrected chi connectivity index (χ3v) is 5.20. The Morgan fingerprint density at radius 3 is 2.42 bits per heavy atom. The Balaban J connectivity index is 1.81.